The number of anilines is 1. The molecule has 6 heteroatoms. The summed E-state index contributed by atoms with van der Waals surface area (Å²) < 4.78 is 0.965. The molecule has 0 aliphatic carbocycles. The minimum absolute atomic E-state index is 0.263. The van der Waals surface area contributed by atoms with Crippen LogP contribution in [0.4, 0.5) is 5.82 Å². The lowest BCUT2D eigenvalue weighted by molar-refractivity contribution is 0.468. The molecule has 1 aromatic carbocycles. The smallest absolute Gasteiger partial charge is 0.129 e. The van der Waals surface area contributed by atoms with Crippen molar-refractivity contribution in [2.24, 2.45) is 0 Å². The monoisotopic (exact) mass is 402 g/mol. The van der Waals surface area contributed by atoms with Crippen molar-refractivity contribution in [2.45, 2.75) is 25.3 Å². The van der Waals surface area contributed by atoms with Crippen LogP contribution in [0.5, 0.6) is 0 Å². The Morgan fingerprint density at radius 3 is 2.79 bits per heavy atom. The Morgan fingerprint density at radius 2 is 1.96 bits per heavy atom. The van der Waals surface area contributed by atoms with E-state index >= 15 is 0 Å². The van der Waals surface area contributed by atoms with Crippen molar-refractivity contribution in [1.82, 2.24) is 15.0 Å². The molecule has 3 heterocycles. The average molecular weight is 404 g/mol. The molecule has 2 aromatic heterocycles. The Hall–Kier alpha value is -1.72. The van der Waals surface area contributed by atoms with Gasteiger partial charge in [0.15, 0.2) is 0 Å². The standard InChI is InChI=1S/C18H16BrClN4/c19-14-7-12-4-5-17(23-18(12)15(20)8-14)24-6-2-1-3-16(24)13-9-21-11-22-10-13/h4-5,7-11,16H,1-3,6H2. The van der Waals surface area contributed by atoms with Crippen LogP contribution in [0.3, 0.4) is 0 Å². The maximum absolute atomic E-state index is 6.40. The second-order valence-corrected chi connectivity index (χ2v) is 7.33. The van der Waals surface area contributed by atoms with Gasteiger partial charge in [0.1, 0.15) is 12.1 Å². The van der Waals surface area contributed by atoms with Crippen molar-refractivity contribution in [3.63, 3.8) is 0 Å². The van der Waals surface area contributed by atoms with E-state index in [9.17, 15) is 0 Å². The SMILES string of the molecule is Clc1cc(Br)cc2ccc(N3CCCCC3c3cncnc3)nc12. The molecule has 3 aromatic rings. The molecule has 1 fully saturated rings. The van der Waals surface area contributed by atoms with Crippen molar-refractivity contribution >= 4 is 44.3 Å². The van der Waals surface area contributed by atoms with Crippen LogP contribution in [-0.2, 0) is 0 Å². The minimum atomic E-state index is 0.263. The largest absolute Gasteiger partial charge is 0.349 e. The average Bonchev–Trinajstić information content (AvgIpc) is 2.62. The first-order valence-electron chi connectivity index (χ1n) is 8.00. The van der Waals surface area contributed by atoms with Crippen LogP contribution in [0, 0.1) is 0 Å². The number of pyridine rings is 1. The molecule has 0 bridgehead atoms. The molecule has 1 aliphatic heterocycles. The van der Waals surface area contributed by atoms with E-state index < -0.39 is 0 Å². The molecule has 0 spiro atoms. The summed E-state index contributed by atoms with van der Waals surface area (Å²) in [6, 6.07) is 8.35. The van der Waals surface area contributed by atoms with E-state index in [0.717, 1.165) is 46.1 Å². The Labute approximate surface area is 154 Å². The van der Waals surface area contributed by atoms with E-state index in [0.29, 0.717) is 5.02 Å². The topological polar surface area (TPSA) is 41.9 Å². The second kappa shape index (κ2) is 6.65. The molecule has 0 amide bonds. The van der Waals surface area contributed by atoms with Gasteiger partial charge in [-0.2, -0.15) is 0 Å². The van der Waals surface area contributed by atoms with Gasteiger partial charge < -0.3 is 4.90 Å². The van der Waals surface area contributed by atoms with Gasteiger partial charge in [0.2, 0.25) is 0 Å². The summed E-state index contributed by atoms with van der Waals surface area (Å²) in [5.74, 6) is 0.959. The van der Waals surface area contributed by atoms with Gasteiger partial charge in [-0.05, 0) is 43.5 Å². The minimum Gasteiger partial charge on any atom is -0.349 e. The fourth-order valence-corrected chi connectivity index (χ4v) is 4.22. The quantitative estimate of drug-likeness (QED) is 0.592. The number of halogens is 2. The van der Waals surface area contributed by atoms with Gasteiger partial charge in [-0.3, -0.25) is 0 Å². The van der Waals surface area contributed by atoms with Gasteiger partial charge in [-0.1, -0.05) is 27.5 Å². The van der Waals surface area contributed by atoms with Gasteiger partial charge in [0.05, 0.1) is 16.6 Å². The van der Waals surface area contributed by atoms with E-state index in [1.807, 2.05) is 24.5 Å². The third-order valence-electron chi connectivity index (χ3n) is 4.46. The molecule has 0 saturated carbocycles. The van der Waals surface area contributed by atoms with Crippen LogP contribution in [0.25, 0.3) is 10.9 Å². The highest BCUT2D eigenvalue weighted by Crippen LogP contribution is 2.35. The Kier molecular flexibility index (Phi) is 4.37. The van der Waals surface area contributed by atoms with Gasteiger partial charge in [0.25, 0.3) is 0 Å². The summed E-state index contributed by atoms with van der Waals surface area (Å²) in [5.41, 5.74) is 1.98. The maximum atomic E-state index is 6.40. The van der Waals surface area contributed by atoms with Crippen molar-refractivity contribution in [3.8, 4) is 0 Å². The van der Waals surface area contributed by atoms with E-state index in [4.69, 9.17) is 16.6 Å². The summed E-state index contributed by atoms with van der Waals surface area (Å²) in [4.78, 5) is 15.5. The van der Waals surface area contributed by atoms with E-state index in [-0.39, 0.29) is 6.04 Å². The summed E-state index contributed by atoms with van der Waals surface area (Å²) >= 11 is 9.88. The van der Waals surface area contributed by atoms with Crippen molar-refractivity contribution in [3.05, 3.63) is 58.0 Å². The number of hydrogen-bond donors (Lipinski definition) is 0. The normalized spacial score (nSPS) is 18.1. The molecular weight excluding hydrogens is 388 g/mol. The molecule has 1 atom stereocenters. The molecule has 4 nitrogen and oxygen atoms in total. The highest BCUT2D eigenvalue weighted by Gasteiger charge is 2.25. The van der Waals surface area contributed by atoms with Crippen molar-refractivity contribution in [2.75, 3.05) is 11.4 Å². The summed E-state index contributed by atoms with van der Waals surface area (Å²) in [6.07, 6.45) is 8.83. The van der Waals surface area contributed by atoms with E-state index in [1.54, 1.807) is 6.33 Å². The van der Waals surface area contributed by atoms with Crippen LogP contribution in [-0.4, -0.2) is 21.5 Å². The lowest BCUT2D eigenvalue weighted by atomic mass is 9.97. The van der Waals surface area contributed by atoms with Crippen LogP contribution < -0.4 is 4.90 Å². The number of nitrogens with zero attached hydrogens (tertiary/aromatic N) is 4. The first kappa shape index (κ1) is 15.8. The van der Waals surface area contributed by atoms with Gasteiger partial charge in [-0.25, -0.2) is 15.0 Å². The molecule has 0 radical (unpaired) electrons. The van der Waals surface area contributed by atoms with Crippen LogP contribution >= 0.6 is 27.5 Å². The van der Waals surface area contributed by atoms with Gasteiger partial charge in [0, 0.05) is 34.4 Å². The van der Waals surface area contributed by atoms with E-state index in [1.165, 1.54) is 6.42 Å². The fraction of sp³-hybridized carbons (Fsp3) is 0.278. The number of benzene rings is 1. The Morgan fingerprint density at radius 1 is 1.12 bits per heavy atom. The Bertz CT molecular complexity index is 872. The predicted octanol–water partition coefficient (Wildman–Crippen LogP) is 5.17. The molecular formula is C18H16BrClN4. The first-order valence-corrected chi connectivity index (χ1v) is 9.17. The molecule has 122 valence electrons. The summed E-state index contributed by atoms with van der Waals surface area (Å²) in [6.45, 7) is 0.978. The number of hydrogen-bond acceptors (Lipinski definition) is 4. The Balaban J connectivity index is 1.77. The fourth-order valence-electron chi connectivity index (χ4n) is 3.34. The third kappa shape index (κ3) is 2.98. The van der Waals surface area contributed by atoms with Gasteiger partial charge >= 0.3 is 0 Å². The molecule has 1 aliphatic rings. The molecule has 1 saturated heterocycles. The number of piperidine rings is 1. The molecule has 1 unspecified atom stereocenters. The zero-order valence-corrected chi connectivity index (χ0v) is 15.3. The third-order valence-corrected chi connectivity index (χ3v) is 5.20. The van der Waals surface area contributed by atoms with Crippen molar-refractivity contribution in [1.29, 1.82) is 0 Å². The second-order valence-electron chi connectivity index (χ2n) is 6.01. The first-order chi connectivity index (χ1) is 11.7. The van der Waals surface area contributed by atoms with Gasteiger partial charge in [-0.15, -0.1) is 0 Å². The van der Waals surface area contributed by atoms with Crippen molar-refractivity contribution < 1.29 is 0 Å². The zero-order chi connectivity index (χ0) is 16.5. The highest BCUT2D eigenvalue weighted by atomic mass is 79.9. The number of rotatable bonds is 2. The predicted molar refractivity (Wildman–Crippen MR) is 100 cm³/mol. The van der Waals surface area contributed by atoms with Crippen LogP contribution in [0.1, 0.15) is 30.9 Å². The number of fused-ring (bicyclic) bond motifs is 1. The van der Waals surface area contributed by atoms with Crippen LogP contribution in [0.2, 0.25) is 5.02 Å². The zero-order valence-electron chi connectivity index (χ0n) is 13.0. The maximum Gasteiger partial charge on any atom is 0.129 e. The summed E-state index contributed by atoms with van der Waals surface area (Å²) in [5, 5.41) is 1.70. The summed E-state index contributed by atoms with van der Waals surface area (Å²) in [7, 11) is 0. The molecule has 4 rings (SSSR count). The van der Waals surface area contributed by atoms with Crippen LogP contribution in [0.15, 0.2) is 47.5 Å². The molecule has 0 N–H and O–H groups in total. The molecule has 24 heavy (non-hydrogen) atoms. The highest BCUT2D eigenvalue weighted by molar-refractivity contribution is 9.10. The number of aromatic nitrogens is 3. The van der Waals surface area contributed by atoms with E-state index in [2.05, 4.69) is 42.9 Å². The lowest BCUT2D eigenvalue weighted by Crippen LogP contribution is -2.34. The lowest BCUT2D eigenvalue weighted by Gasteiger charge is -2.36.